The molecule has 1 saturated heterocycles. The van der Waals surface area contributed by atoms with E-state index >= 15 is 0 Å². The van der Waals surface area contributed by atoms with Gasteiger partial charge in [-0.3, -0.25) is 9.69 Å². The number of halogens is 1. The molecule has 1 fully saturated rings. The number of hydrogen-bond acceptors (Lipinski definition) is 5. The summed E-state index contributed by atoms with van der Waals surface area (Å²) in [5, 5.41) is 7.57. The van der Waals surface area contributed by atoms with Gasteiger partial charge >= 0.3 is 0 Å². The third kappa shape index (κ3) is 4.24. The minimum Gasteiger partial charge on any atom is -0.347 e. The van der Waals surface area contributed by atoms with Gasteiger partial charge in [0.1, 0.15) is 6.04 Å². The number of carbonyl (C=O) groups is 1. The highest BCUT2D eigenvalue weighted by Crippen LogP contribution is 2.25. The molecule has 1 unspecified atom stereocenters. The molecule has 28 heavy (non-hydrogen) atoms. The molecule has 144 valence electrons. The zero-order valence-electron chi connectivity index (χ0n) is 15.3. The number of rotatable bonds is 6. The SMILES string of the molecule is O=C(NCc1noc(-c2ccc(Cl)cc2)n1)C(c1ccccc1)N1CCCC1. The van der Waals surface area contributed by atoms with Crippen LogP contribution in [0.15, 0.2) is 59.1 Å². The van der Waals surface area contributed by atoms with Gasteiger partial charge in [0.25, 0.3) is 5.89 Å². The van der Waals surface area contributed by atoms with Gasteiger partial charge < -0.3 is 9.84 Å². The molecule has 0 spiro atoms. The third-order valence-corrected chi connectivity index (χ3v) is 5.10. The molecule has 4 rings (SSSR count). The van der Waals surface area contributed by atoms with Crippen molar-refractivity contribution in [1.82, 2.24) is 20.4 Å². The van der Waals surface area contributed by atoms with Gasteiger partial charge in [-0.1, -0.05) is 47.1 Å². The maximum absolute atomic E-state index is 13.0. The lowest BCUT2D eigenvalue weighted by atomic mass is 10.0. The van der Waals surface area contributed by atoms with Gasteiger partial charge in [0.05, 0.1) is 6.54 Å². The molecule has 6 nitrogen and oxygen atoms in total. The van der Waals surface area contributed by atoms with E-state index in [0.717, 1.165) is 37.1 Å². The molecule has 1 aliphatic rings. The Hall–Kier alpha value is -2.70. The van der Waals surface area contributed by atoms with Crippen LogP contribution in [0, 0.1) is 0 Å². The Morgan fingerprint density at radius 1 is 1.11 bits per heavy atom. The summed E-state index contributed by atoms with van der Waals surface area (Å²) in [4.78, 5) is 19.5. The summed E-state index contributed by atoms with van der Waals surface area (Å²) in [6.07, 6.45) is 2.23. The summed E-state index contributed by atoms with van der Waals surface area (Å²) < 4.78 is 5.30. The molecule has 7 heteroatoms. The van der Waals surface area contributed by atoms with Crippen LogP contribution in [0.2, 0.25) is 5.02 Å². The number of benzene rings is 2. The predicted molar refractivity (Wildman–Crippen MR) is 107 cm³/mol. The van der Waals surface area contributed by atoms with Crippen molar-refractivity contribution in [1.29, 1.82) is 0 Å². The first kappa shape index (κ1) is 18.7. The van der Waals surface area contributed by atoms with Gasteiger partial charge in [-0.15, -0.1) is 0 Å². The zero-order valence-corrected chi connectivity index (χ0v) is 16.1. The maximum Gasteiger partial charge on any atom is 0.257 e. The zero-order chi connectivity index (χ0) is 19.3. The summed E-state index contributed by atoms with van der Waals surface area (Å²) in [6, 6.07) is 16.7. The van der Waals surface area contributed by atoms with Crippen molar-refractivity contribution in [2.24, 2.45) is 0 Å². The average molecular weight is 397 g/mol. The number of carbonyl (C=O) groups excluding carboxylic acids is 1. The molecule has 2 aromatic carbocycles. The first-order chi connectivity index (χ1) is 13.7. The van der Waals surface area contributed by atoms with Crippen LogP contribution in [0.1, 0.15) is 30.3 Å². The van der Waals surface area contributed by atoms with Gasteiger partial charge in [-0.2, -0.15) is 4.98 Å². The van der Waals surface area contributed by atoms with Crippen LogP contribution < -0.4 is 5.32 Å². The van der Waals surface area contributed by atoms with Crippen molar-refractivity contribution in [3.8, 4) is 11.5 Å². The molecule has 0 radical (unpaired) electrons. The fourth-order valence-corrected chi connectivity index (χ4v) is 3.59. The molecule has 2 heterocycles. The second-order valence-corrected chi connectivity index (χ2v) is 7.23. The molecule has 1 aromatic heterocycles. The molecular weight excluding hydrogens is 376 g/mol. The summed E-state index contributed by atoms with van der Waals surface area (Å²) >= 11 is 5.90. The van der Waals surface area contributed by atoms with Gasteiger partial charge in [0.2, 0.25) is 5.91 Å². The normalized spacial score (nSPS) is 15.5. The Balaban J connectivity index is 1.44. The second-order valence-electron chi connectivity index (χ2n) is 6.80. The van der Waals surface area contributed by atoms with Crippen molar-refractivity contribution in [2.75, 3.05) is 13.1 Å². The van der Waals surface area contributed by atoms with Crippen LogP contribution >= 0.6 is 11.6 Å². The second kappa shape index (κ2) is 8.54. The topological polar surface area (TPSA) is 71.3 Å². The van der Waals surface area contributed by atoms with Crippen molar-refractivity contribution < 1.29 is 9.32 Å². The monoisotopic (exact) mass is 396 g/mol. The third-order valence-electron chi connectivity index (χ3n) is 4.85. The number of nitrogens with zero attached hydrogens (tertiary/aromatic N) is 3. The first-order valence-electron chi connectivity index (χ1n) is 9.36. The van der Waals surface area contributed by atoms with E-state index in [1.54, 1.807) is 12.1 Å². The number of aromatic nitrogens is 2. The average Bonchev–Trinajstić information content (AvgIpc) is 3.40. The molecule has 0 aliphatic carbocycles. The largest absolute Gasteiger partial charge is 0.347 e. The molecule has 0 saturated carbocycles. The molecule has 1 atom stereocenters. The minimum absolute atomic E-state index is 0.0501. The van der Waals surface area contributed by atoms with Gasteiger partial charge in [-0.05, 0) is 55.8 Å². The van der Waals surface area contributed by atoms with Crippen LogP contribution in [0.5, 0.6) is 0 Å². The molecule has 1 amide bonds. The highest BCUT2D eigenvalue weighted by molar-refractivity contribution is 6.30. The molecular formula is C21H21ClN4O2. The fraction of sp³-hybridized carbons (Fsp3) is 0.286. The summed E-state index contributed by atoms with van der Waals surface area (Å²) in [6.45, 7) is 2.07. The number of amides is 1. The van der Waals surface area contributed by atoms with E-state index in [1.165, 1.54) is 0 Å². The molecule has 1 aliphatic heterocycles. The van der Waals surface area contributed by atoms with Gasteiger partial charge in [0, 0.05) is 10.6 Å². The summed E-state index contributed by atoms with van der Waals surface area (Å²) in [5.74, 6) is 0.789. The van der Waals surface area contributed by atoms with Gasteiger partial charge in [-0.25, -0.2) is 0 Å². The Labute approximate surface area is 168 Å². The Kier molecular flexibility index (Phi) is 5.69. The van der Waals surface area contributed by atoms with Crippen molar-refractivity contribution >= 4 is 17.5 Å². The standard InChI is InChI=1S/C21H21ClN4O2/c22-17-10-8-16(9-11-17)21-24-18(25-28-21)14-23-20(27)19(26-12-4-5-13-26)15-6-2-1-3-7-15/h1-3,6-11,19H,4-5,12-14H2,(H,23,27). The summed E-state index contributed by atoms with van der Waals surface area (Å²) in [7, 11) is 0. The highest BCUT2D eigenvalue weighted by atomic mass is 35.5. The first-order valence-corrected chi connectivity index (χ1v) is 9.74. The number of nitrogens with one attached hydrogen (secondary N) is 1. The van der Waals surface area contributed by atoms with E-state index in [-0.39, 0.29) is 18.5 Å². The van der Waals surface area contributed by atoms with E-state index in [0.29, 0.717) is 16.7 Å². The van der Waals surface area contributed by atoms with Crippen LogP contribution in [0.25, 0.3) is 11.5 Å². The lowest BCUT2D eigenvalue weighted by Crippen LogP contribution is -2.39. The summed E-state index contributed by atoms with van der Waals surface area (Å²) in [5.41, 5.74) is 1.78. The fourth-order valence-electron chi connectivity index (χ4n) is 3.46. The van der Waals surface area contributed by atoms with Crippen LogP contribution in [-0.2, 0) is 11.3 Å². The number of likely N-dealkylation sites (tertiary alicyclic amines) is 1. The van der Waals surface area contributed by atoms with E-state index in [9.17, 15) is 4.79 Å². The lowest BCUT2D eigenvalue weighted by Gasteiger charge is -2.26. The van der Waals surface area contributed by atoms with E-state index in [4.69, 9.17) is 16.1 Å². The van der Waals surface area contributed by atoms with E-state index < -0.39 is 0 Å². The van der Waals surface area contributed by atoms with E-state index in [1.807, 2.05) is 42.5 Å². The van der Waals surface area contributed by atoms with Crippen molar-refractivity contribution in [3.63, 3.8) is 0 Å². The number of hydrogen-bond donors (Lipinski definition) is 1. The van der Waals surface area contributed by atoms with Gasteiger partial charge in [0.15, 0.2) is 5.82 Å². The van der Waals surface area contributed by atoms with Crippen LogP contribution in [0.3, 0.4) is 0 Å². The predicted octanol–water partition coefficient (Wildman–Crippen LogP) is 3.84. The maximum atomic E-state index is 13.0. The highest BCUT2D eigenvalue weighted by Gasteiger charge is 2.29. The lowest BCUT2D eigenvalue weighted by molar-refractivity contribution is -0.126. The quantitative estimate of drug-likeness (QED) is 0.685. The Bertz CT molecular complexity index is 921. The van der Waals surface area contributed by atoms with Crippen LogP contribution in [0.4, 0.5) is 0 Å². The minimum atomic E-state index is -0.300. The van der Waals surface area contributed by atoms with Crippen molar-refractivity contribution in [3.05, 3.63) is 71.0 Å². The molecule has 1 N–H and O–H groups in total. The molecule has 3 aromatic rings. The Morgan fingerprint density at radius 2 is 1.82 bits per heavy atom. The Morgan fingerprint density at radius 3 is 2.54 bits per heavy atom. The molecule has 0 bridgehead atoms. The van der Waals surface area contributed by atoms with Crippen LogP contribution in [-0.4, -0.2) is 34.0 Å². The van der Waals surface area contributed by atoms with Crippen molar-refractivity contribution in [2.45, 2.75) is 25.4 Å². The smallest absolute Gasteiger partial charge is 0.257 e. The van der Waals surface area contributed by atoms with E-state index in [2.05, 4.69) is 20.4 Å².